The molecule has 90 valence electrons. The first kappa shape index (κ1) is 11.2. The standard InChI is InChI=1S/C10H7ClN6S/c11-10-14-4-8(18-10)7-5-17(16-15-7)6-9-12-2-1-3-13-9/h1-5H,6H2. The number of hydrogen-bond donors (Lipinski definition) is 0. The molecule has 0 aliphatic rings. The van der Waals surface area contributed by atoms with E-state index in [-0.39, 0.29) is 0 Å². The summed E-state index contributed by atoms with van der Waals surface area (Å²) in [7, 11) is 0. The zero-order valence-corrected chi connectivity index (χ0v) is 10.6. The minimum Gasteiger partial charge on any atom is -0.244 e. The van der Waals surface area contributed by atoms with Gasteiger partial charge in [0.1, 0.15) is 18.1 Å². The maximum absolute atomic E-state index is 5.78. The van der Waals surface area contributed by atoms with Gasteiger partial charge < -0.3 is 0 Å². The molecule has 0 bridgehead atoms. The molecule has 0 unspecified atom stereocenters. The van der Waals surface area contributed by atoms with Gasteiger partial charge in [-0.1, -0.05) is 16.8 Å². The van der Waals surface area contributed by atoms with E-state index in [0.717, 1.165) is 10.6 Å². The quantitative estimate of drug-likeness (QED) is 0.732. The van der Waals surface area contributed by atoms with Crippen LogP contribution in [0, 0.1) is 0 Å². The Labute approximate surface area is 111 Å². The van der Waals surface area contributed by atoms with Gasteiger partial charge in [0.25, 0.3) is 0 Å². The van der Waals surface area contributed by atoms with Crippen LogP contribution in [0.15, 0.2) is 30.9 Å². The highest BCUT2D eigenvalue weighted by Crippen LogP contribution is 2.26. The van der Waals surface area contributed by atoms with Crippen molar-refractivity contribution < 1.29 is 0 Å². The molecule has 8 heteroatoms. The first-order chi connectivity index (χ1) is 8.81. The molecule has 6 nitrogen and oxygen atoms in total. The van der Waals surface area contributed by atoms with E-state index in [9.17, 15) is 0 Å². The lowest BCUT2D eigenvalue weighted by Crippen LogP contribution is -2.04. The molecule has 0 atom stereocenters. The van der Waals surface area contributed by atoms with Crippen molar-refractivity contribution in [2.45, 2.75) is 6.54 Å². The average Bonchev–Trinajstić information content (AvgIpc) is 2.99. The van der Waals surface area contributed by atoms with Crippen LogP contribution in [0.1, 0.15) is 5.82 Å². The van der Waals surface area contributed by atoms with E-state index in [1.54, 1.807) is 29.3 Å². The molecule has 0 radical (unpaired) electrons. The van der Waals surface area contributed by atoms with Crippen LogP contribution in [0.25, 0.3) is 10.6 Å². The number of aromatic nitrogens is 6. The van der Waals surface area contributed by atoms with Crippen molar-refractivity contribution in [2.24, 2.45) is 0 Å². The Bertz CT molecular complexity index is 649. The number of rotatable bonds is 3. The summed E-state index contributed by atoms with van der Waals surface area (Å²) in [6.45, 7) is 0.486. The van der Waals surface area contributed by atoms with Crippen molar-refractivity contribution in [3.05, 3.63) is 41.1 Å². The van der Waals surface area contributed by atoms with Gasteiger partial charge in [0.15, 0.2) is 4.47 Å². The zero-order chi connectivity index (χ0) is 12.4. The maximum Gasteiger partial charge on any atom is 0.184 e. The Morgan fingerprint density at radius 1 is 1.22 bits per heavy atom. The van der Waals surface area contributed by atoms with Crippen molar-refractivity contribution in [2.75, 3.05) is 0 Å². The van der Waals surface area contributed by atoms with E-state index in [1.165, 1.54) is 11.3 Å². The van der Waals surface area contributed by atoms with Gasteiger partial charge in [0, 0.05) is 18.6 Å². The van der Waals surface area contributed by atoms with Crippen molar-refractivity contribution in [3.8, 4) is 10.6 Å². The number of halogens is 1. The minimum atomic E-state index is 0.486. The Morgan fingerprint density at radius 3 is 2.78 bits per heavy atom. The highest BCUT2D eigenvalue weighted by molar-refractivity contribution is 7.18. The molecule has 0 aliphatic carbocycles. The van der Waals surface area contributed by atoms with Crippen molar-refractivity contribution >= 4 is 22.9 Å². The van der Waals surface area contributed by atoms with Crippen molar-refractivity contribution in [3.63, 3.8) is 0 Å². The molecule has 0 aromatic carbocycles. The third-order valence-corrected chi connectivity index (χ3v) is 3.33. The lowest BCUT2D eigenvalue weighted by atomic mass is 10.4. The Morgan fingerprint density at radius 2 is 2.06 bits per heavy atom. The first-order valence-electron chi connectivity index (χ1n) is 5.09. The predicted molar refractivity (Wildman–Crippen MR) is 67.3 cm³/mol. The van der Waals surface area contributed by atoms with E-state index in [4.69, 9.17) is 11.6 Å². The van der Waals surface area contributed by atoms with Gasteiger partial charge in [0.05, 0.1) is 11.1 Å². The number of thiazole rings is 1. The molecule has 3 heterocycles. The van der Waals surface area contributed by atoms with Gasteiger partial charge >= 0.3 is 0 Å². The summed E-state index contributed by atoms with van der Waals surface area (Å²) in [4.78, 5) is 13.1. The average molecular weight is 279 g/mol. The molecule has 0 aliphatic heterocycles. The Hall–Kier alpha value is -1.86. The van der Waals surface area contributed by atoms with Crippen LogP contribution < -0.4 is 0 Å². The SMILES string of the molecule is Clc1ncc(-c2cn(Cc3ncccn3)nn2)s1. The Kier molecular flexibility index (Phi) is 2.99. The molecule has 0 saturated carbocycles. The summed E-state index contributed by atoms with van der Waals surface area (Å²) in [5, 5.41) is 8.08. The van der Waals surface area contributed by atoms with Crippen LogP contribution in [0.3, 0.4) is 0 Å². The monoisotopic (exact) mass is 278 g/mol. The second-order valence-electron chi connectivity index (χ2n) is 3.44. The molecule has 18 heavy (non-hydrogen) atoms. The zero-order valence-electron chi connectivity index (χ0n) is 9.06. The molecular formula is C10H7ClN6S. The summed E-state index contributed by atoms with van der Waals surface area (Å²) >= 11 is 7.15. The number of nitrogens with zero attached hydrogens (tertiary/aromatic N) is 6. The fourth-order valence-corrected chi connectivity index (χ4v) is 2.30. The largest absolute Gasteiger partial charge is 0.244 e. The molecule has 0 amide bonds. The van der Waals surface area contributed by atoms with E-state index < -0.39 is 0 Å². The molecule has 0 fully saturated rings. The molecule has 3 rings (SSSR count). The highest BCUT2D eigenvalue weighted by atomic mass is 35.5. The highest BCUT2D eigenvalue weighted by Gasteiger charge is 2.08. The second kappa shape index (κ2) is 4.79. The lowest BCUT2D eigenvalue weighted by Gasteiger charge is -1.96. The van der Waals surface area contributed by atoms with E-state index in [2.05, 4.69) is 25.3 Å². The second-order valence-corrected chi connectivity index (χ2v) is 5.06. The minimum absolute atomic E-state index is 0.486. The molecule has 3 aromatic heterocycles. The van der Waals surface area contributed by atoms with Gasteiger partial charge in [-0.25, -0.2) is 19.6 Å². The first-order valence-corrected chi connectivity index (χ1v) is 6.28. The Balaban J connectivity index is 1.82. The van der Waals surface area contributed by atoms with Gasteiger partial charge in [-0.2, -0.15) is 0 Å². The fraction of sp³-hybridized carbons (Fsp3) is 0.100. The normalized spacial score (nSPS) is 10.7. The van der Waals surface area contributed by atoms with Gasteiger partial charge in [-0.15, -0.1) is 16.4 Å². The van der Waals surface area contributed by atoms with E-state index in [1.807, 2.05) is 6.20 Å². The van der Waals surface area contributed by atoms with Crippen LogP contribution in [0.4, 0.5) is 0 Å². The lowest BCUT2D eigenvalue weighted by molar-refractivity contribution is 0.624. The molecule has 0 saturated heterocycles. The van der Waals surface area contributed by atoms with Gasteiger partial charge in [-0.05, 0) is 6.07 Å². The summed E-state index contributed by atoms with van der Waals surface area (Å²) in [6, 6.07) is 1.77. The van der Waals surface area contributed by atoms with Crippen LogP contribution in [-0.4, -0.2) is 29.9 Å². The van der Waals surface area contributed by atoms with Crippen LogP contribution >= 0.6 is 22.9 Å². The van der Waals surface area contributed by atoms with Crippen molar-refractivity contribution in [1.29, 1.82) is 0 Å². The third-order valence-electron chi connectivity index (χ3n) is 2.19. The fourth-order valence-electron chi connectivity index (χ4n) is 1.42. The molecular weight excluding hydrogens is 272 g/mol. The third kappa shape index (κ3) is 2.36. The predicted octanol–water partition coefficient (Wildman–Crippen LogP) is 1.89. The van der Waals surface area contributed by atoms with Gasteiger partial charge in [0.2, 0.25) is 0 Å². The van der Waals surface area contributed by atoms with Gasteiger partial charge in [-0.3, -0.25) is 0 Å². The van der Waals surface area contributed by atoms with E-state index in [0.29, 0.717) is 16.8 Å². The summed E-state index contributed by atoms with van der Waals surface area (Å²) in [6.07, 6.45) is 6.90. The maximum atomic E-state index is 5.78. The molecule has 3 aromatic rings. The van der Waals surface area contributed by atoms with Crippen molar-refractivity contribution in [1.82, 2.24) is 29.9 Å². The topological polar surface area (TPSA) is 69.4 Å². The molecule has 0 spiro atoms. The van der Waals surface area contributed by atoms with Crippen LogP contribution in [0.2, 0.25) is 4.47 Å². The molecule has 0 N–H and O–H groups in total. The summed E-state index contributed by atoms with van der Waals surface area (Å²) < 4.78 is 2.17. The smallest absolute Gasteiger partial charge is 0.184 e. The van der Waals surface area contributed by atoms with E-state index >= 15 is 0 Å². The summed E-state index contributed by atoms with van der Waals surface area (Å²) in [5.41, 5.74) is 0.746. The number of hydrogen-bond acceptors (Lipinski definition) is 6. The van der Waals surface area contributed by atoms with Crippen LogP contribution in [0.5, 0.6) is 0 Å². The van der Waals surface area contributed by atoms with Crippen LogP contribution in [-0.2, 0) is 6.54 Å². The summed E-state index contributed by atoms with van der Waals surface area (Å²) in [5.74, 6) is 0.691.